The lowest BCUT2D eigenvalue weighted by molar-refractivity contribution is -0.124. The van der Waals surface area contributed by atoms with Crippen LogP contribution in [0.1, 0.15) is 24.5 Å². The first kappa shape index (κ1) is 21.0. The van der Waals surface area contributed by atoms with E-state index in [1.54, 1.807) is 0 Å². The van der Waals surface area contributed by atoms with Crippen LogP contribution >= 0.6 is 0 Å². The molecule has 6 nitrogen and oxygen atoms in total. The predicted octanol–water partition coefficient (Wildman–Crippen LogP) is 2.61. The van der Waals surface area contributed by atoms with Gasteiger partial charge in [-0.15, -0.1) is 0 Å². The number of amides is 3. The van der Waals surface area contributed by atoms with Crippen LogP contribution in [0.3, 0.4) is 0 Å². The van der Waals surface area contributed by atoms with Gasteiger partial charge in [-0.1, -0.05) is 60.7 Å². The van der Waals surface area contributed by atoms with Crippen molar-refractivity contribution in [3.05, 3.63) is 71.8 Å². The molecular formula is C23H30N4O2. The summed E-state index contributed by atoms with van der Waals surface area (Å²) in [7, 11) is 0. The maximum Gasteiger partial charge on any atom is 0.321 e. The van der Waals surface area contributed by atoms with Crippen LogP contribution in [0, 0.1) is 0 Å². The summed E-state index contributed by atoms with van der Waals surface area (Å²) in [6.07, 6.45) is 1.00. The monoisotopic (exact) mass is 394 g/mol. The number of carbonyl (C=O) groups is 2. The normalized spacial score (nSPS) is 16.6. The molecule has 1 fully saturated rings. The number of hydrogen-bond donors (Lipinski definition) is 2. The van der Waals surface area contributed by atoms with E-state index in [0.717, 1.165) is 44.7 Å². The van der Waals surface area contributed by atoms with Crippen molar-refractivity contribution in [3.8, 4) is 0 Å². The summed E-state index contributed by atoms with van der Waals surface area (Å²) in [6, 6.07) is 19.3. The maximum atomic E-state index is 12.5. The standard InChI is InChI=1S/C23H30N4O2/c1-19(22(28)25-23(29)24-17-20-9-4-2-5-10-20)27-14-8-13-26(15-16-27)18-21-11-6-3-7-12-21/h2-7,9-12,19H,8,13-18H2,1H3,(H2,24,25,28,29). The van der Waals surface area contributed by atoms with E-state index in [2.05, 4.69) is 44.7 Å². The summed E-state index contributed by atoms with van der Waals surface area (Å²) in [6.45, 7) is 6.78. The number of hydrogen-bond acceptors (Lipinski definition) is 4. The Bertz CT molecular complexity index is 782. The van der Waals surface area contributed by atoms with Crippen LogP contribution in [0.15, 0.2) is 60.7 Å². The highest BCUT2D eigenvalue weighted by Crippen LogP contribution is 2.11. The van der Waals surface area contributed by atoms with E-state index in [1.165, 1.54) is 5.56 Å². The summed E-state index contributed by atoms with van der Waals surface area (Å²) in [5.41, 5.74) is 2.30. The molecule has 0 aliphatic carbocycles. The molecule has 1 unspecified atom stereocenters. The van der Waals surface area contributed by atoms with E-state index in [9.17, 15) is 9.59 Å². The molecule has 2 aromatic rings. The highest BCUT2D eigenvalue weighted by atomic mass is 16.2. The SMILES string of the molecule is CC(C(=O)NC(=O)NCc1ccccc1)N1CCCN(Cc2ccccc2)CC1. The molecule has 0 saturated carbocycles. The Balaban J connectivity index is 1.43. The summed E-state index contributed by atoms with van der Waals surface area (Å²) in [4.78, 5) is 29.2. The molecule has 1 saturated heterocycles. The summed E-state index contributed by atoms with van der Waals surface area (Å²) in [5.74, 6) is -0.257. The van der Waals surface area contributed by atoms with Gasteiger partial charge in [-0.05, 0) is 31.0 Å². The second-order valence-electron chi connectivity index (χ2n) is 7.48. The van der Waals surface area contributed by atoms with E-state index < -0.39 is 6.03 Å². The summed E-state index contributed by atoms with van der Waals surface area (Å²) >= 11 is 0. The van der Waals surface area contributed by atoms with Crippen molar-refractivity contribution < 1.29 is 9.59 Å². The first-order valence-corrected chi connectivity index (χ1v) is 10.2. The lowest BCUT2D eigenvalue weighted by Crippen LogP contribution is -2.50. The molecule has 154 valence electrons. The fraction of sp³-hybridized carbons (Fsp3) is 0.391. The van der Waals surface area contributed by atoms with Gasteiger partial charge in [0.25, 0.3) is 0 Å². The van der Waals surface area contributed by atoms with E-state index >= 15 is 0 Å². The molecule has 0 aromatic heterocycles. The van der Waals surface area contributed by atoms with E-state index in [0.29, 0.717) is 6.54 Å². The highest BCUT2D eigenvalue weighted by molar-refractivity contribution is 5.96. The Morgan fingerprint density at radius 3 is 2.24 bits per heavy atom. The van der Waals surface area contributed by atoms with Crippen molar-refractivity contribution in [3.63, 3.8) is 0 Å². The number of carbonyl (C=O) groups excluding carboxylic acids is 2. The van der Waals surface area contributed by atoms with Crippen molar-refractivity contribution in [1.82, 2.24) is 20.4 Å². The summed E-state index contributed by atoms with van der Waals surface area (Å²) in [5, 5.41) is 5.21. The fourth-order valence-corrected chi connectivity index (χ4v) is 3.58. The lowest BCUT2D eigenvalue weighted by Gasteiger charge is -2.26. The molecule has 3 rings (SSSR count). The van der Waals surface area contributed by atoms with Crippen LogP contribution in [-0.4, -0.2) is 54.0 Å². The zero-order chi connectivity index (χ0) is 20.5. The third-order valence-corrected chi connectivity index (χ3v) is 5.33. The predicted molar refractivity (Wildman–Crippen MR) is 114 cm³/mol. The molecule has 1 aliphatic heterocycles. The van der Waals surface area contributed by atoms with Crippen LogP contribution in [-0.2, 0) is 17.9 Å². The fourth-order valence-electron chi connectivity index (χ4n) is 3.58. The van der Waals surface area contributed by atoms with Gasteiger partial charge < -0.3 is 5.32 Å². The Morgan fingerprint density at radius 2 is 1.55 bits per heavy atom. The van der Waals surface area contributed by atoms with Crippen LogP contribution in [0.5, 0.6) is 0 Å². The van der Waals surface area contributed by atoms with Gasteiger partial charge in [0.1, 0.15) is 0 Å². The zero-order valence-electron chi connectivity index (χ0n) is 17.0. The molecule has 29 heavy (non-hydrogen) atoms. The van der Waals surface area contributed by atoms with Crippen molar-refractivity contribution >= 4 is 11.9 Å². The number of nitrogens with zero attached hydrogens (tertiary/aromatic N) is 2. The van der Waals surface area contributed by atoms with Crippen LogP contribution in [0.4, 0.5) is 4.79 Å². The third kappa shape index (κ3) is 6.69. The van der Waals surface area contributed by atoms with Gasteiger partial charge in [0, 0.05) is 32.7 Å². The molecule has 6 heteroatoms. The number of imide groups is 1. The molecule has 1 heterocycles. The first-order valence-electron chi connectivity index (χ1n) is 10.2. The zero-order valence-corrected chi connectivity index (χ0v) is 17.0. The molecular weight excluding hydrogens is 364 g/mol. The lowest BCUT2D eigenvalue weighted by atomic mass is 10.2. The molecule has 0 bridgehead atoms. The summed E-state index contributed by atoms with van der Waals surface area (Å²) < 4.78 is 0. The minimum absolute atomic E-state index is 0.257. The second-order valence-corrected chi connectivity index (χ2v) is 7.48. The molecule has 1 atom stereocenters. The topological polar surface area (TPSA) is 64.7 Å². The Morgan fingerprint density at radius 1 is 0.897 bits per heavy atom. The van der Waals surface area contributed by atoms with Gasteiger partial charge in [0.05, 0.1) is 6.04 Å². The minimum Gasteiger partial charge on any atom is -0.334 e. The average molecular weight is 395 g/mol. The van der Waals surface area contributed by atoms with Crippen LogP contribution in [0.25, 0.3) is 0 Å². The van der Waals surface area contributed by atoms with Gasteiger partial charge in [-0.3, -0.25) is 19.9 Å². The first-order chi connectivity index (χ1) is 14.1. The molecule has 0 spiro atoms. The van der Waals surface area contributed by atoms with Crippen LogP contribution < -0.4 is 10.6 Å². The van der Waals surface area contributed by atoms with Crippen molar-refractivity contribution in [2.24, 2.45) is 0 Å². The number of urea groups is 1. The Labute approximate surface area is 172 Å². The van der Waals surface area contributed by atoms with Crippen LogP contribution in [0.2, 0.25) is 0 Å². The molecule has 0 radical (unpaired) electrons. The Hall–Kier alpha value is -2.70. The van der Waals surface area contributed by atoms with Gasteiger partial charge in [-0.2, -0.15) is 0 Å². The maximum absolute atomic E-state index is 12.5. The van der Waals surface area contributed by atoms with E-state index in [-0.39, 0.29) is 11.9 Å². The van der Waals surface area contributed by atoms with Gasteiger partial charge in [0.15, 0.2) is 0 Å². The smallest absolute Gasteiger partial charge is 0.321 e. The quantitative estimate of drug-likeness (QED) is 0.791. The second kappa shape index (κ2) is 10.7. The molecule has 2 N–H and O–H groups in total. The average Bonchev–Trinajstić information content (AvgIpc) is 2.99. The molecule has 3 amide bonds. The van der Waals surface area contributed by atoms with Crippen molar-refractivity contribution in [2.45, 2.75) is 32.5 Å². The molecule has 1 aliphatic rings. The molecule has 2 aromatic carbocycles. The number of rotatable bonds is 6. The van der Waals surface area contributed by atoms with E-state index in [4.69, 9.17) is 0 Å². The highest BCUT2D eigenvalue weighted by Gasteiger charge is 2.25. The van der Waals surface area contributed by atoms with Crippen molar-refractivity contribution in [2.75, 3.05) is 26.2 Å². The van der Waals surface area contributed by atoms with Crippen molar-refractivity contribution in [1.29, 1.82) is 0 Å². The van der Waals surface area contributed by atoms with Gasteiger partial charge >= 0.3 is 6.03 Å². The number of benzene rings is 2. The third-order valence-electron chi connectivity index (χ3n) is 5.33. The van der Waals surface area contributed by atoms with E-state index in [1.807, 2.05) is 43.3 Å². The largest absolute Gasteiger partial charge is 0.334 e. The van der Waals surface area contributed by atoms with Gasteiger partial charge in [-0.25, -0.2) is 4.79 Å². The number of nitrogens with one attached hydrogen (secondary N) is 2. The Kier molecular flexibility index (Phi) is 7.78. The van der Waals surface area contributed by atoms with Gasteiger partial charge in [0.2, 0.25) is 5.91 Å². The minimum atomic E-state index is -0.453.